The molecule has 0 aliphatic heterocycles. The lowest BCUT2D eigenvalue weighted by Crippen LogP contribution is -2.18. The third kappa shape index (κ3) is 3.08. The van der Waals surface area contributed by atoms with Gasteiger partial charge in [-0.25, -0.2) is 9.97 Å². The molecule has 28 heavy (non-hydrogen) atoms. The van der Waals surface area contributed by atoms with Crippen LogP contribution in [0.3, 0.4) is 0 Å². The molecule has 4 rings (SSSR count). The second-order valence-corrected chi connectivity index (χ2v) is 7.50. The van der Waals surface area contributed by atoms with Crippen LogP contribution in [0, 0.1) is 13.8 Å². The molecule has 2 heterocycles. The first kappa shape index (κ1) is 18.6. The molecule has 0 amide bonds. The third-order valence-electron chi connectivity index (χ3n) is 4.47. The number of thiazole rings is 1. The minimum absolute atomic E-state index is 0.373. The Labute approximate surface area is 164 Å². The molecule has 0 fully saturated rings. The number of rotatable bonds is 4. The maximum Gasteiger partial charge on any atom is 0.401 e. The first-order chi connectivity index (χ1) is 13.3. The van der Waals surface area contributed by atoms with E-state index in [1.807, 2.05) is 32.0 Å². The molecule has 0 aliphatic rings. The van der Waals surface area contributed by atoms with Gasteiger partial charge in [0.15, 0.2) is 5.69 Å². The summed E-state index contributed by atoms with van der Waals surface area (Å²) >= 11 is 1.50. The second kappa shape index (κ2) is 6.72. The number of nitrogens with zero attached hydrogens (tertiary/aromatic N) is 3. The van der Waals surface area contributed by atoms with Gasteiger partial charge in [-0.1, -0.05) is 0 Å². The highest BCUT2D eigenvalue weighted by molar-refractivity contribution is 7.21. The van der Waals surface area contributed by atoms with Crippen LogP contribution in [0.2, 0.25) is 0 Å². The van der Waals surface area contributed by atoms with E-state index in [2.05, 4.69) is 14.7 Å². The van der Waals surface area contributed by atoms with E-state index in [0.29, 0.717) is 11.0 Å². The summed E-state index contributed by atoms with van der Waals surface area (Å²) in [7, 11) is 2.56. The van der Waals surface area contributed by atoms with Crippen molar-refractivity contribution in [3.63, 3.8) is 0 Å². The van der Waals surface area contributed by atoms with Gasteiger partial charge in [-0.2, -0.15) is 8.78 Å². The molecule has 8 heteroatoms. The molecule has 5 nitrogen and oxygen atoms in total. The monoisotopic (exact) mass is 401 g/mol. The molecule has 2 aromatic heterocycles. The van der Waals surface area contributed by atoms with Crippen LogP contribution in [0.5, 0.6) is 5.75 Å². The van der Waals surface area contributed by atoms with Gasteiger partial charge in [0.25, 0.3) is 0 Å². The highest BCUT2D eigenvalue weighted by atomic mass is 32.1. The van der Waals surface area contributed by atoms with E-state index in [-0.39, 0.29) is 0 Å². The van der Waals surface area contributed by atoms with Crippen LogP contribution in [-0.4, -0.2) is 29.2 Å². The minimum Gasteiger partial charge on any atom is -0.497 e. The molecule has 4 aromatic rings. The summed E-state index contributed by atoms with van der Waals surface area (Å²) < 4.78 is 38.2. The van der Waals surface area contributed by atoms with Gasteiger partial charge in [-0.3, -0.25) is 4.98 Å². The Morgan fingerprint density at radius 2 is 1.79 bits per heavy atom. The predicted molar refractivity (Wildman–Crippen MR) is 105 cm³/mol. The van der Waals surface area contributed by atoms with Gasteiger partial charge < -0.3 is 9.47 Å². The van der Waals surface area contributed by atoms with E-state index >= 15 is 0 Å². The van der Waals surface area contributed by atoms with Crippen LogP contribution in [0.1, 0.15) is 16.8 Å². The molecule has 0 saturated carbocycles. The Bertz CT molecular complexity index is 1210. The molecule has 144 valence electrons. The van der Waals surface area contributed by atoms with E-state index in [9.17, 15) is 8.78 Å². The summed E-state index contributed by atoms with van der Waals surface area (Å²) in [5.74, 6) is 0.764. The van der Waals surface area contributed by atoms with Gasteiger partial charge in [0, 0.05) is 12.7 Å². The molecule has 0 aliphatic carbocycles. The molecule has 0 radical (unpaired) electrons. The smallest absolute Gasteiger partial charge is 0.401 e. The second-order valence-electron chi connectivity index (χ2n) is 6.47. The van der Waals surface area contributed by atoms with Crippen molar-refractivity contribution in [2.75, 3.05) is 14.2 Å². The van der Waals surface area contributed by atoms with E-state index in [1.54, 1.807) is 13.2 Å². The largest absolute Gasteiger partial charge is 0.497 e. The number of hydrogen-bond acceptors (Lipinski definition) is 6. The lowest BCUT2D eigenvalue weighted by molar-refractivity contribution is -0.234. The quantitative estimate of drug-likeness (QED) is 0.469. The standard InChI is InChI=1S/C20H17F2N3O2S/c1-10-5-13(18-14(6-10)24-16(9-23-18)20(21,22)27-4)19-25-17-11(2)7-12(26-3)8-15(17)28-19/h5-9H,1-4H3. The SMILES string of the molecule is COc1cc(C)c2nc(-c3cc(C)cc4nc(C(F)(F)OC)cnc34)sc2c1. The Morgan fingerprint density at radius 3 is 2.50 bits per heavy atom. The van der Waals surface area contributed by atoms with E-state index < -0.39 is 11.8 Å². The minimum atomic E-state index is -3.49. The number of methoxy groups -OCH3 is 2. The molecule has 0 N–H and O–H groups in total. The Balaban J connectivity index is 1.93. The number of halogens is 2. The van der Waals surface area contributed by atoms with Gasteiger partial charge in [0.1, 0.15) is 10.8 Å². The zero-order valence-electron chi connectivity index (χ0n) is 15.7. The Hall–Kier alpha value is -2.71. The van der Waals surface area contributed by atoms with Crippen molar-refractivity contribution in [3.8, 4) is 16.3 Å². The van der Waals surface area contributed by atoms with Crippen molar-refractivity contribution in [2.45, 2.75) is 20.0 Å². The number of ether oxygens (including phenoxy) is 2. The average molecular weight is 401 g/mol. The molecule has 2 aromatic carbocycles. The first-order valence-corrected chi connectivity index (χ1v) is 9.30. The highest BCUT2D eigenvalue weighted by Crippen LogP contribution is 2.37. The number of aryl methyl sites for hydroxylation is 2. The molecule has 0 unspecified atom stereocenters. The molecule has 0 saturated heterocycles. The van der Waals surface area contributed by atoms with E-state index in [1.165, 1.54) is 11.3 Å². The molecule has 0 atom stereocenters. The molecule has 0 spiro atoms. The highest BCUT2D eigenvalue weighted by Gasteiger charge is 2.34. The van der Waals surface area contributed by atoms with Gasteiger partial charge in [-0.05, 0) is 49.2 Å². The maximum atomic E-state index is 13.8. The molecular weight excluding hydrogens is 384 g/mol. The van der Waals surface area contributed by atoms with E-state index in [0.717, 1.165) is 51.0 Å². The van der Waals surface area contributed by atoms with Crippen molar-refractivity contribution >= 4 is 32.6 Å². The number of fused-ring (bicyclic) bond motifs is 2. The van der Waals surface area contributed by atoms with Crippen molar-refractivity contribution in [3.05, 3.63) is 47.3 Å². The lowest BCUT2D eigenvalue weighted by Gasteiger charge is -2.13. The van der Waals surface area contributed by atoms with E-state index in [4.69, 9.17) is 9.72 Å². The summed E-state index contributed by atoms with van der Waals surface area (Å²) in [5.41, 5.74) is 3.89. The summed E-state index contributed by atoms with van der Waals surface area (Å²) in [6.07, 6.45) is -2.44. The zero-order chi connectivity index (χ0) is 20.1. The van der Waals surface area contributed by atoms with Crippen LogP contribution < -0.4 is 4.74 Å². The summed E-state index contributed by atoms with van der Waals surface area (Å²) in [4.78, 5) is 13.1. The topological polar surface area (TPSA) is 57.1 Å². The zero-order valence-corrected chi connectivity index (χ0v) is 16.5. The van der Waals surface area contributed by atoms with Gasteiger partial charge in [0.2, 0.25) is 0 Å². The van der Waals surface area contributed by atoms with Gasteiger partial charge >= 0.3 is 6.11 Å². The van der Waals surface area contributed by atoms with Crippen LogP contribution in [0.4, 0.5) is 8.78 Å². The maximum absolute atomic E-state index is 13.8. The third-order valence-corrected chi connectivity index (χ3v) is 5.51. The Morgan fingerprint density at radius 1 is 1.00 bits per heavy atom. The Kier molecular flexibility index (Phi) is 4.47. The normalized spacial score (nSPS) is 12.1. The van der Waals surface area contributed by atoms with Crippen molar-refractivity contribution in [2.24, 2.45) is 0 Å². The summed E-state index contributed by atoms with van der Waals surface area (Å²) in [5, 5.41) is 0.751. The van der Waals surface area contributed by atoms with Crippen molar-refractivity contribution < 1.29 is 18.3 Å². The van der Waals surface area contributed by atoms with Crippen molar-refractivity contribution in [1.82, 2.24) is 15.0 Å². The average Bonchev–Trinajstić information content (AvgIpc) is 3.11. The summed E-state index contributed by atoms with van der Waals surface area (Å²) in [6.45, 7) is 3.86. The van der Waals surface area contributed by atoms with Crippen LogP contribution in [0.15, 0.2) is 30.5 Å². The fourth-order valence-corrected chi connectivity index (χ4v) is 4.16. The number of aromatic nitrogens is 3. The van der Waals surface area contributed by atoms with Crippen LogP contribution >= 0.6 is 11.3 Å². The predicted octanol–water partition coefficient (Wildman–Crippen LogP) is 5.23. The number of benzene rings is 2. The molecular formula is C20H17F2N3O2S. The lowest BCUT2D eigenvalue weighted by atomic mass is 10.1. The van der Waals surface area contributed by atoms with Gasteiger partial charge in [0.05, 0.1) is 34.6 Å². The number of hydrogen-bond donors (Lipinski definition) is 0. The summed E-state index contributed by atoms with van der Waals surface area (Å²) in [6, 6.07) is 7.53. The van der Waals surface area contributed by atoms with Crippen LogP contribution in [-0.2, 0) is 10.8 Å². The van der Waals surface area contributed by atoms with Crippen molar-refractivity contribution in [1.29, 1.82) is 0 Å². The first-order valence-electron chi connectivity index (χ1n) is 8.49. The van der Waals surface area contributed by atoms with Crippen LogP contribution in [0.25, 0.3) is 31.8 Å². The fourth-order valence-electron chi connectivity index (χ4n) is 3.07. The fraction of sp³-hybridized carbons (Fsp3) is 0.250. The number of alkyl halides is 2. The molecule has 0 bridgehead atoms. The van der Waals surface area contributed by atoms with Gasteiger partial charge in [-0.15, -0.1) is 11.3 Å².